The van der Waals surface area contributed by atoms with E-state index in [2.05, 4.69) is 0 Å². The lowest BCUT2D eigenvalue weighted by Crippen LogP contribution is -2.32. The minimum Gasteiger partial charge on any atom is -0.756 e. The number of phosphoric ester groups is 1. The van der Waals surface area contributed by atoms with Gasteiger partial charge in [0.15, 0.2) is 0 Å². The van der Waals surface area contributed by atoms with Crippen LogP contribution in [0.4, 0.5) is 0 Å². The van der Waals surface area contributed by atoms with Crippen LogP contribution in [0, 0.1) is 0 Å². The molecule has 23 heavy (non-hydrogen) atoms. The predicted molar refractivity (Wildman–Crippen MR) is 79.2 cm³/mol. The highest BCUT2D eigenvalue weighted by atomic mass is 31.2. The summed E-state index contributed by atoms with van der Waals surface area (Å²) in [5, 5.41) is 0. The van der Waals surface area contributed by atoms with Gasteiger partial charge in [-0.05, 0) is 12.8 Å². The number of hydrogen-bond donors (Lipinski definition) is 0. The van der Waals surface area contributed by atoms with Crippen molar-refractivity contribution in [1.82, 2.24) is 0 Å². The van der Waals surface area contributed by atoms with Crippen molar-refractivity contribution in [3.63, 3.8) is 0 Å². The summed E-state index contributed by atoms with van der Waals surface area (Å²) in [4.78, 5) is 12.0. The minimum absolute atomic E-state index is 0.171. The highest BCUT2D eigenvalue weighted by Crippen LogP contribution is 2.43. The van der Waals surface area contributed by atoms with Gasteiger partial charge >= 0.3 is 0 Å². The number of hydrogen-bond acceptors (Lipinski definition) is 8. The second-order valence-corrected chi connectivity index (χ2v) is 6.88. The van der Waals surface area contributed by atoms with Crippen LogP contribution in [-0.4, -0.2) is 79.5 Å². The normalized spacial score (nSPS) is 40.3. The van der Waals surface area contributed by atoms with Gasteiger partial charge in [0.25, 0.3) is 7.82 Å². The molecule has 4 radical (unpaired) electrons. The maximum Gasteiger partial charge on any atom is 0.268 e. The van der Waals surface area contributed by atoms with Crippen molar-refractivity contribution in [2.75, 3.05) is 27.4 Å². The van der Waals surface area contributed by atoms with Gasteiger partial charge in [-0.25, -0.2) is 0 Å². The fourth-order valence-electron chi connectivity index (χ4n) is 2.67. The van der Waals surface area contributed by atoms with Gasteiger partial charge < -0.3 is 32.9 Å². The SMILES string of the molecule is [B][C@H]1CC(OC)[C@@H](COP(=O)([O-])OC2C[C@H]([B])O[C@@H]2COC)O1. The zero-order valence-corrected chi connectivity index (χ0v) is 14.1. The Morgan fingerprint density at radius 3 is 2.22 bits per heavy atom. The highest BCUT2D eigenvalue weighted by molar-refractivity contribution is 7.45. The fourth-order valence-corrected chi connectivity index (χ4v) is 3.62. The molecule has 0 aromatic carbocycles. The quantitative estimate of drug-likeness (QED) is 0.412. The molecule has 2 aliphatic heterocycles. The van der Waals surface area contributed by atoms with E-state index in [1.165, 1.54) is 14.2 Å². The summed E-state index contributed by atoms with van der Waals surface area (Å²) in [6.07, 6.45) is -1.51. The van der Waals surface area contributed by atoms with Crippen LogP contribution in [0.2, 0.25) is 0 Å². The number of ether oxygens (including phenoxy) is 4. The zero-order valence-electron chi connectivity index (χ0n) is 13.2. The molecule has 0 aromatic heterocycles. The Labute approximate surface area is 138 Å². The zero-order chi connectivity index (χ0) is 17.0. The summed E-state index contributed by atoms with van der Waals surface area (Å²) < 4.78 is 42.8. The largest absolute Gasteiger partial charge is 0.756 e. The van der Waals surface area contributed by atoms with Crippen LogP contribution >= 0.6 is 7.82 Å². The van der Waals surface area contributed by atoms with Crippen LogP contribution in [0.25, 0.3) is 0 Å². The van der Waals surface area contributed by atoms with Gasteiger partial charge in [0.1, 0.15) is 27.9 Å². The van der Waals surface area contributed by atoms with Crippen LogP contribution in [0.3, 0.4) is 0 Å². The number of rotatable bonds is 8. The Hall–Kier alpha value is 0.0799. The lowest BCUT2D eigenvalue weighted by atomic mass is 9.96. The van der Waals surface area contributed by atoms with E-state index in [0.717, 1.165) is 0 Å². The molecule has 11 heteroatoms. The van der Waals surface area contributed by atoms with E-state index >= 15 is 0 Å². The maximum atomic E-state index is 12.0. The van der Waals surface area contributed by atoms with Crippen LogP contribution in [0.15, 0.2) is 0 Å². The monoisotopic (exact) mass is 345 g/mol. The Morgan fingerprint density at radius 2 is 1.65 bits per heavy atom. The van der Waals surface area contributed by atoms with Gasteiger partial charge in [0.05, 0.1) is 25.4 Å². The van der Waals surface area contributed by atoms with E-state index < -0.39 is 38.1 Å². The van der Waals surface area contributed by atoms with E-state index in [-0.39, 0.29) is 25.7 Å². The molecule has 0 saturated carbocycles. The summed E-state index contributed by atoms with van der Waals surface area (Å²) in [7, 11) is 9.72. The first-order chi connectivity index (χ1) is 10.8. The number of methoxy groups -OCH3 is 2. The standard InChI is InChI=1S/C12H21B2O8P/c1-17-5-9-8(4-12(14)20-9)22-23(15,16)19-6-10-7(18-2)3-11(13)21-10/h7-12H,3-6H2,1-2H3,(H,15,16)/p-1/t7?,8?,9-,10-,11-,12-/m1/s1. The molecule has 0 aromatic rings. The van der Waals surface area contributed by atoms with Crippen LogP contribution < -0.4 is 4.89 Å². The van der Waals surface area contributed by atoms with Gasteiger partial charge in [-0.2, -0.15) is 0 Å². The molecule has 0 bridgehead atoms. The molecule has 0 amide bonds. The number of phosphoric acid groups is 1. The van der Waals surface area contributed by atoms with Crippen molar-refractivity contribution < 1.29 is 37.5 Å². The van der Waals surface area contributed by atoms with E-state index in [4.69, 9.17) is 43.7 Å². The summed E-state index contributed by atoms with van der Waals surface area (Å²) in [6, 6.07) is -1.11. The smallest absolute Gasteiger partial charge is 0.268 e. The molecule has 128 valence electrons. The van der Waals surface area contributed by atoms with Crippen molar-refractivity contribution in [3.8, 4) is 0 Å². The summed E-state index contributed by atoms with van der Waals surface area (Å²) in [5.74, 6) is 0. The molecule has 2 saturated heterocycles. The van der Waals surface area contributed by atoms with Crippen molar-refractivity contribution in [2.24, 2.45) is 0 Å². The van der Waals surface area contributed by atoms with E-state index in [9.17, 15) is 9.46 Å². The minimum atomic E-state index is -4.56. The van der Waals surface area contributed by atoms with Crippen molar-refractivity contribution in [3.05, 3.63) is 0 Å². The third-order valence-electron chi connectivity index (χ3n) is 3.75. The summed E-state index contributed by atoms with van der Waals surface area (Å²) in [5.41, 5.74) is 0. The van der Waals surface area contributed by atoms with Crippen molar-refractivity contribution >= 4 is 23.5 Å². The van der Waals surface area contributed by atoms with Crippen LogP contribution in [0.1, 0.15) is 12.8 Å². The molecule has 2 fully saturated rings. The van der Waals surface area contributed by atoms with Gasteiger partial charge in [-0.1, -0.05) is 0 Å². The van der Waals surface area contributed by atoms with E-state index in [0.29, 0.717) is 6.42 Å². The predicted octanol–water partition coefficient (Wildman–Crippen LogP) is -0.915. The molecule has 2 heterocycles. The second-order valence-electron chi connectivity index (χ2n) is 5.51. The lowest BCUT2D eigenvalue weighted by molar-refractivity contribution is -0.234. The van der Waals surface area contributed by atoms with Crippen LogP contribution in [0.5, 0.6) is 0 Å². The van der Waals surface area contributed by atoms with Crippen molar-refractivity contribution in [1.29, 1.82) is 0 Å². The van der Waals surface area contributed by atoms with E-state index in [1.807, 2.05) is 0 Å². The topological polar surface area (TPSA) is 95.5 Å². The molecule has 2 rings (SSSR count). The van der Waals surface area contributed by atoms with Gasteiger partial charge in [-0.3, -0.25) is 4.57 Å². The third kappa shape index (κ3) is 5.54. The Balaban J connectivity index is 1.85. The van der Waals surface area contributed by atoms with Gasteiger partial charge in [0.2, 0.25) is 0 Å². The maximum absolute atomic E-state index is 12.0. The molecule has 3 unspecified atom stereocenters. The van der Waals surface area contributed by atoms with E-state index in [1.54, 1.807) is 0 Å². The van der Waals surface area contributed by atoms with Crippen molar-refractivity contribution in [2.45, 2.75) is 49.3 Å². The first-order valence-electron chi connectivity index (χ1n) is 7.32. The third-order valence-corrected chi connectivity index (χ3v) is 4.75. The first kappa shape index (κ1) is 19.4. The Bertz CT molecular complexity index is 428. The molecule has 0 N–H and O–H groups in total. The first-order valence-corrected chi connectivity index (χ1v) is 8.78. The Kier molecular flexibility index (Phi) is 7.13. The molecule has 2 aliphatic rings. The highest BCUT2D eigenvalue weighted by Gasteiger charge is 2.37. The lowest BCUT2D eigenvalue weighted by Gasteiger charge is -2.29. The average Bonchev–Trinajstić information content (AvgIpc) is 2.99. The molecule has 7 atom stereocenters. The summed E-state index contributed by atoms with van der Waals surface area (Å²) >= 11 is 0. The second kappa shape index (κ2) is 8.45. The molecule has 0 spiro atoms. The summed E-state index contributed by atoms with van der Waals surface area (Å²) in [6.45, 7) is -0.0632. The van der Waals surface area contributed by atoms with Gasteiger partial charge in [-0.15, -0.1) is 0 Å². The molecular weight excluding hydrogens is 325 g/mol. The molecular formula is C12H20B2O8P-. The molecule has 8 nitrogen and oxygen atoms in total. The fraction of sp³-hybridized carbons (Fsp3) is 1.00. The Morgan fingerprint density at radius 1 is 1.09 bits per heavy atom. The molecule has 0 aliphatic carbocycles. The van der Waals surface area contributed by atoms with Gasteiger partial charge in [0, 0.05) is 26.2 Å². The van der Waals surface area contributed by atoms with Crippen LogP contribution in [-0.2, 0) is 32.6 Å². The average molecular weight is 345 g/mol.